The van der Waals surface area contributed by atoms with Crippen molar-refractivity contribution >= 4 is 46.5 Å². The Hall–Kier alpha value is -4.84. The van der Waals surface area contributed by atoms with E-state index in [0.29, 0.717) is 0 Å². The number of unbranched alkanes of at least 4 members (excludes halogenated alkanes) is 5. The number of nitrogens with zero attached hydrogens (tertiary/aromatic N) is 3. The number of allylic oxidation sites excluding steroid dienone is 3. The Morgan fingerprint density at radius 3 is 2.51 bits per heavy atom. The van der Waals surface area contributed by atoms with Crippen molar-refractivity contribution in [1.29, 1.82) is 0 Å². The van der Waals surface area contributed by atoms with Gasteiger partial charge in [-0.2, -0.15) is 0 Å². The van der Waals surface area contributed by atoms with Crippen LogP contribution in [0.5, 0.6) is 0 Å². The van der Waals surface area contributed by atoms with Crippen molar-refractivity contribution in [3.8, 4) is 0 Å². The van der Waals surface area contributed by atoms with Gasteiger partial charge in [-0.1, -0.05) is 94.5 Å². The Kier molecular flexibility index (Phi) is 10.1. The van der Waals surface area contributed by atoms with Crippen LogP contribution in [0.25, 0.3) is 35.0 Å². The largest absolute Gasteiger partial charge is 0.362 e. The Balaban J connectivity index is 0.904. The van der Waals surface area contributed by atoms with Crippen LogP contribution in [0.2, 0.25) is 0 Å². The van der Waals surface area contributed by atoms with Crippen molar-refractivity contribution in [2.45, 2.75) is 83.1 Å². The van der Waals surface area contributed by atoms with Crippen LogP contribution in [0.1, 0.15) is 81.4 Å². The molecule has 4 heterocycles. The van der Waals surface area contributed by atoms with Crippen LogP contribution in [0.3, 0.4) is 0 Å². The van der Waals surface area contributed by atoms with Gasteiger partial charge in [0, 0.05) is 44.7 Å². The van der Waals surface area contributed by atoms with Crippen LogP contribution in [0.15, 0.2) is 97.8 Å². The number of aromatic nitrogens is 4. The predicted octanol–water partition coefficient (Wildman–Crippen LogP) is 8.89. The normalized spacial score (nSPS) is 14.9. The molecule has 1 aliphatic rings. The lowest BCUT2D eigenvalue weighted by Gasteiger charge is -2.29. The van der Waals surface area contributed by atoms with Gasteiger partial charge in [0.1, 0.15) is 17.8 Å². The number of H-pyrrole nitrogens is 1. The highest BCUT2D eigenvalue weighted by Crippen LogP contribution is 2.28. The molecule has 0 aliphatic carbocycles. The zero-order valence-corrected chi connectivity index (χ0v) is 27.7. The monoisotopic (exact) mass is 624 g/mol. The summed E-state index contributed by atoms with van der Waals surface area (Å²) in [6.45, 7) is 21.8. The van der Waals surface area contributed by atoms with Crippen molar-refractivity contribution in [3.63, 3.8) is 0 Å². The second kappa shape index (κ2) is 14.7. The fraction of sp³-hybridized carbons (Fsp3) is 0.317. The predicted molar refractivity (Wildman–Crippen MR) is 199 cm³/mol. The molecule has 1 unspecified atom stereocenters. The highest BCUT2D eigenvalue weighted by atomic mass is 15.1. The number of hydrogen-bond donors (Lipinski definition) is 3. The van der Waals surface area contributed by atoms with Crippen LogP contribution in [0, 0.1) is 0 Å². The van der Waals surface area contributed by atoms with Crippen LogP contribution >= 0.6 is 0 Å². The molecule has 3 N–H and O–H groups in total. The topological polar surface area (TPSA) is 70.6 Å². The molecule has 47 heavy (non-hydrogen) atoms. The quantitative estimate of drug-likeness (QED) is 0.0804. The van der Waals surface area contributed by atoms with Gasteiger partial charge in [0.25, 0.3) is 0 Å². The highest BCUT2D eigenvalue weighted by molar-refractivity contribution is 5.89. The molecular weight excluding hydrogens is 576 g/mol. The Morgan fingerprint density at radius 2 is 1.66 bits per heavy atom. The summed E-state index contributed by atoms with van der Waals surface area (Å²) in [5.41, 5.74) is 7.95. The van der Waals surface area contributed by atoms with Crippen molar-refractivity contribution in [2.24, 2.45) is 0 Å². The summed E-state index contributed by atoms with van der Waals surface area (Å²) in [5, 5.41) is 12.3. The average Bonchev–Trinajstić information content (AvgIpc) is 3.65. The lowest BCUT2D eigenvalue weighted by molar-refractivity contribution is 0.458. The number of aryl methyl sites for hydroxylation is 2. The first-order chi connectivity index (χ1) is 22.9. The summed E-state index contributed by atoms with van der Waals surface area (Å²) in [4.78, 5) is 11.8. The molecule has 1 fully saturated rings. The molecule has 0 bridgehead atoms. The lowest BCUT2D eigenvalue weighted by atomic mass is 9.97. The maximum atomic E-state index is 4.52. The number of piperidine rings is 1. The van der Waals surface area contributed by atoms with E-state index in [9.17, 15) is 0 Å². The molecule has 2 aromatic carbocycles. The number of benzene rings is 2. The van der Waals surface area contributed by atoms with Gasteiger partial charge in [0.15, 0.2) is 0 Å². The van der Waals surface area contributed by atoms with E-state index in [0.717, 1.165) is 83.2 Å². The van der Waals surface area contributed by atoms with Crippen molar-refractivity contribution in [3.05, 3.63) is 120 Å². The van der Waals surface area contributed by atoms with E-state index in [4.69, 9.17) is 0 Å². The molecule has 3 aromatic heterocycles. The van der Waals surface area contributed by atoms with Gasteiger partial charge in [-0.3, -0.25) is 0 Å². The number of hydrogen-bond acceptors (Lipinski definition) is 4. The minimum Gasteiger partial charge on any atom is -0.362 e. The molecular formula is C41H48N6. The minimum absolute atomic E-state index is 0.150. The maximum absolute atomic E-state index is 4.52. The third kappa shape index (κ3) is 7.43. The van der Waals surface area contributed by atoms with E-state index in [1.807, 2.05) is 12.3 Å². The zero-order chi connectivity index (χ0) is 32.8. The van der Waals surface area contributed by atoms with E-state index in [1.165, 1.54) is 66.0 Å². The van der Waals surface area contributed by atoms with Gasteiger partial charge in [-0.15, -0.1) is 0 Å². The molecule has 0 amide bonds. The van der Waals surface area contributed by atoms with Gasteiger partial charge in [-0.05, 0) is 80.7 Å². The van der Waals surface area contributed by atoms with Crippen LogP contribution in [-0.4, -0.2) is 19.5 Å². The van der Waals surface area contributed by atoms with Gasteiger partial charge in [-0.25, -0.2) is 9.97 Å². The van der Waals surface area contributed by atoms with E-state index in [-0.39, 0.29) is 6.04 Å². The second-order valence-corrected chi connectivity index (χ2v) is 13.1. The van der Waals surface area contributed by atoms with Crippen molar-refractivity contribution in [2.75, 3.05) is 5.32 Å². The van der Waals surface area contributed by atoms with Crippen molar-refractivity contribution < 1.29 is 0 Å². The molecule has 6 nitrogen and oxygen atoms in total. The highest BCUT2D eigenvalue weighted by Gasteiger charge is 2.23. The first kappa shape index (κ1) is 32.1. The molecule has 1 saturated heterocycles. The van der Waals surface area contributed by atoms with Crippen LogP contribution < -0.4 is 21.3 Å². The number of nitrogens with one attached hydrogen (secondary N) is 3. The fourth-order valence-electron chi connectivity index (χ4n) is 7.08. The first-order valence-electron chi connectivity index (χ1n) is 17.1. The standard InChI is InChI=1S/C41H48N6/c1-28(20-22-34-17-13-19-36-31(4)47(32(5)39(34)36)38-23-21-29(2)45-30(38)3)14-10-8-6-7-9-11-15-33-16-12-18-35(26-33)46-41-37-24-25-42-40(37)43-27-44-41/h12-13,16-19,24-27,38,45H,1-11,14-15,20-23H2,(H2,42,43,44,46). The molecule has 242 valence electrons. The summed E-state index contributed by atoms with van der Waals surface area (Å²) < 4.78 is 2.28. The van der Waals surface area contributed by atoms with Crippen LogP contribution in [0.4, 0.5) is 11.5 Å². The van der Waals surface area contributed by atoms with Gasteiger partial charge in [0.2, 0.25) is 0 Å². The lowest BCUT2D eigenvalue weighted by Crippen LogP contribution is -2.36. The zero-order valence-electron chi connectivity index (χ0n) is 27.7. The molecule has 6 rings (SSSR count). The average molecular weight is 625 g/mol. The van der Waals surface area contributed by atoms with E-state index >= 15 is 0 Å². The molecule has 5 aromatic rings. The van der Waals surface area contributed by atoms with Gasteiger partial charge < -0.3 is 20.2 Å². The number of fused-ring (bicyclic) bond motifs is 2. The Bertz CT molecular complexity index is 2010. The molecule has 6 heteroatoms. The summed E-state index contributed by atoms with van der Waals surface area (Å²) in [5.74, 6) is 0.829. The fourth-order valence-corrected chi connectivity index (χ4v) is 7.08. The number of rotatable bonds is 15. The summed E-state index contributed by atoms with van der Waals surface area (Å²) in [6, 6.07) is 17.4. The Morgan fingerprint density at radius 1 is 0.851 bits per heavy atom. The van der Waals surface area contributed by atoms with Crippen LogP contribution in [-0.2, 0) is 12.8 Å². The molecule has 0 spiro atoms. The van der Waals surface area contributed by atoms with E-state index < -0.39 is 0 Å². The van der Waals surface area contributed by atoms with Crippen molar-refractivity contribution in [1.82, 2.24) is 24.8 Å². The molecule has 1 atom stereocenters. The SMILES string of the molecule is C=C(CCCCCCCCc1cccc(Nc2ncnc3[nH]ccc23)c1)CCc1cccc2c(=C)n(C3CCC(=C)NC3=C)c(=C)c12. The number of aromatic amines is 1. The smallest absolute Gasteiger partial charge is 0.143 e. The minimum atomic E-state index is 0.150. The van der Waals surface area contributed by atoms with Gasteiger partial charge in [0.05, 0.1) is 11.4 Å². The summed E-state index contributed by atoms with van der Waals surface area (Å²) in [7, 11) is 0. The maximum Gasteiger partial charge on any atom is 0.143 e. The molecule has 0 radical (unpaired) electrons. The first-order valence-corrected chi connectivity index (χ1v) is 17.1. The van der Waals surface area contributed by atoms with E-state index in [1.54, 1.807) is 6.33 Å². The third-order valence-electron chi connectivity index (χ3n) is 9.64. The molecule has 1 aliphatic heterocycles. The summed E-state index contributed by atoms with van der Waals surface area (Å²) in [6.07, 6.45) is 17.1. The second-order valence-electron chi connectivity index (χ2n) is 13.1. The summed E-state index contributed by atoms with van der Waals surface area (Å²) >= 11 is 0. The molecule has 0 saturated carbocycles. The van der Waals surface area contributed by atoms with Gasteiger partial charge >= 0.3 is 0 Å². The Labute approximate surface area is 278 Å². The number of anilines is 2. The van der Waals surface area contributed by atoms with E-state index in [2.05, 4.69) is 106 Å². The third-order valence-corrected chi connectivity index (χ3v) is 9.64.